The van der Waals surface area contributed by atoms with E-state index in [0.29, 0.717) is 36.5 Å². The normalized spacial score (nSPS) is 16.0. The van der Waals surface area contributed by atoms with Gasteiger partial charge in [-0.3, -0.25) is 9.59 Å². The first-order chi connectivity index (χ1) is 13.0. The molecule has 1 heterocycles. The number of nitrogens with one attached hydrogen (secondary N) is 1. The Hall–Kier alpha value is -2.44. The van der Waals surface area contributed by atoms with Gasteiger partial charge >= 0.3 is 0 Å². The van der Waals surface area contributed by atoms with Crippen LogP contribution in [0.5, 0.6) is 0 Å². The summed E-state index contributed by atoms with van der Waals surface area (Å²) in [5.74, 6) is -1.15. The van der Waals surface area contributed by atoms with Gasteiger partial charge in [0, 0.05) is 24.2 Å². The van der Waals surface area contributed by atoms with Crippen LogP contribution in [-0.4, -0.2) is 35.8 Å². The summed E-state index contributed by atoms with van der Waals surface area (Å²) in [5, 5.41) is 3.37. The van der Waals surface area contributed by atoms with Gasteiger partial charge < -0.3 is 16.0 Å². The number of rotatable bonds is 4. The first-order valence-electron chi connectivity index (χ1n) is 8.81. The molecule has 1 fully saturated rings. The van der Waals surface area contributed by atoms with E-state index >= 15 is 0 Å². The van der Waals surface area contributed by atoms with Crippen LogP contribution in [0.25, 0.3) is 0 Å². The fraction of sp³-hybridized carbons (Fsp3) is 0.300. The molecule has 5 nitrogen and oxygen atoms in total. The minimum atomic E-state index is -0.770. The predicted octanol–water partition coefficient (Wildman–Crippen LogP) is 2.90. The van der Waals surface area contributed by atoms with Crippen molar-refractivity contribution in [2.24, 2.45) is 5.73 Å². The monoisotopic (exact) mass is 389 g/mol. The molecule has 0 spiro atoms. The van der Waals surface area contributed by atoms with Crippen LogP contribution in [0.1, 0.15) is 34.8 Å². The molecule has 3 N–H and O–H groups in total. The number of piperidine rings is 1. The summed E-state index contributed by atoms with van der Waals surface area (Å²) in [5.41, 5.74) is 6.78. The molecule has 0 saturated carbocycles. The maximum Gasteiger partial charge on any atom is 0.254 e. The van der Waals surface area contributed by atoms with E-state index in [0.717, 1.165) is 0 Å². The van der Waals surface area contributed by atoms with Crippen molar-refractivity contribution in [1.29, 1.82) is 0 Å². The average Bonchev–Trinajstić information content (AvgIpc) is 2.67. The number of likely N-dealkylation sites (tertiary alicyclic amines) is 1. The molecule has 2 aromatic rings. The van der Waals surface area contributed by atoms with Gasteiger partial charge in [-0.05, 0) is 42.7 Å². The molecular weight excluding hydrogens is 369 g/mol. The molecule has 2 amide bonds. The second kappa shape index (κ2) is 8.50. The highest BCUT2D eigenvalue weighted by Gasteiger charge is 2.28. The smallest absolute Gasteiger partial charge is 0.254 e. The van der Waals surface area contributed by atoms with E-state index in [4.69, 9.17) is 17.3 Å². The molecule has 1 saturated heterocycles. The van der Waals surface area contributed by atoms with Gasteiger partial charge in [0.2, 0.25) is 5.91 Å². The molecule has 0 radical (unpaired) electrons. The summed E-state index contributed by atoms with van der Waals surface area (Å²) in [6.45, 7) is 0.963. The van der Waals surface area contributed by atoms with Crippen LogP contribution in [0.15, 0.2) is 48.5 Å². The number of nitrogens with zero attached hydrogens (tertiary/aromatic N) is 1. The molecule has 142 valence electrons. The summed E-state index contributed by atoms with van der Waals surface area (Å²) >= 11 is 5.96. The number of nitrogens with two attached hydrogens (primary N) is 1. The third-order valence-electron chi connectivity index (χ3n) is 4.73. The molecule has 7 heteroatoms. The summed E-state index contributed by atoms with van der Waals surface area (Å²) < 4.78 is 13.7. The van der Waals surface area contributed by atoms with E-state index in [-0.39, 0.29) is 17.5 Å². The van der Waals surface area contributed by atoms with Crippen LogP contribution in [-0.2, 0) is 4.79 Å². The van der Waals surface area contributed by atoms with Gasteiger partial charge in [-0.25, -0.2) is 4.39 Å². The molecule has 3 rings (SSSR count). The summed E-state index contributed by atoms with van der Waals surface area (Å²) in [6.07, 6.45) is 1.18. The Balaban J connectivity index is 1.55. The van der Waals surface area contributed by atoms with E-state index < -0.39 is 17.8 Å². The molecule has 1 aliphatic heterocycles. The van der Waals surface area contributed by atoms with Gasteiger partial charge in [0.15, 0.2) is 0 Å². The van der Waals surface area contributed by atoms with Gasteiger partial charge in [-0.15, -0.1) is 0 Å². The number of carbonyl (C=O) groups excluding carboxylic acids is 2. The minimum absolute atomic E-state index is 0.0268. The number of benzene rings is 2. The van der Waals surface area contributed by atoms with Crippen molar-refractivity contribution in [3.05, 3.63) is 70.5 Å². The van der Waals surface area contributed by atoms with Crippen molar-refractivity contribution in [2.45, 2.75) is 24.9 Å². The zero-order valence-electron chi connectivity index (χ0n) is 14.7. The fourth-order valence-electron chi connectivity index (χ4n) is 3.19. The standard InChI is InChI=1S/C20H21ClFN3O2/c21-14-5-3-4-13(12-14)18(23)20(27)25-10-8-15(9-11-25)24-19(26)16-6-1-2-7-17(16)22/h1-7,12,15,18H,8-11,23H2,(H,24,26)/t18-/m1/s1. The van der Waals surface area contributed by atoms with Crippen LogP contribution in [0.4, 0.5) is 4.39 Å². The Morgan fingerprint density at radius 3 is 2.52 bits per heavy atom. The van der Waals surface area contributed by atoms with Crippen molar-refractivity contribution < 1.29 is 14.0 Å². The largest absolute Gasteiger partial charge is 0.349 e. The number of halogens is 2. The number of hydrogen-bond donors (Lipinski definition) is 2. The Bertz CT molecular complexity index is 837. The quantitative estimate of drug-likeness (QED) is 0.844. The molecule has 0 unspecified atom stereocenters. The second-order valence-corrected chi connectivity index (χ2v) is 7.02. The molecular formula is C20H21ClFN3O2. The molecule has 2 aromatic carbocycles. The van der Waals surface area contributed by atoms with Crippen molar-refractivity contribution >= 4 is 23.4 Å². The van der Waals surface area contributed by atoms with E-state index in [1.54, 1.807) is 41.3 Å². The molecule has 0 bridgehead atoms. The van der Waals surface area contributed by atoms with Crippen molar-refractivity contribution in [1.82, 2.24) is 10.2 Å². The first-order valence-corrected chi connectivity index (χ1v) is 9.18. The zero-order chi connectivity index (χ0) is 19.4. The second-order valence-electron chi connectivity index (χ2n) is 6.59. The van der Waals surface area contributed by atoms with Crippen molar-refractivity contribution in [3.8, 4) is 0 Å². The lowest BCUT2D eigenvalue weighted by atomic mass is 10.0. The van der Waals surface area contributed by atoms with Gasteiger partial charge in [-0.1, -0.05) is 35.9 Å². The van der Waals surface area contributed by atoms with Gasteiger partial charge in [-0.2, -0.15) is 0 Å². The Labute approximate surface area is 162 Å². The van der Waals surface area contributed by atoms with E-state index in [1.807, 2.05) is 0 Å². The number of hydrogen-bond acceptors (Lipinski definition) is 3. The summed E-state index contributed by atoms with van der Waals surface area (Å²) in [7, 11) is 0. The van der Waals surface area contributed by atoms with E-state index in [1.165, 1.54) is 12.1 Å². The van der Waals surface area contributed by atoms with Crippen LogP contribution >= 0.6 is 11.6 Å². The van der Waals surface area contributed by atoms with Crippen LogP contribution in [0.3, 0.4) is 0 Å². The number of amides is 2. The Kier molecular flexibility index (Phi) is 6.08. The highest BCUT2D eigenvalue weighted by molar-refractivity contribution is 6.30. The van der Waals surface area contributed by atoms with Crippen LogP contribution < -0.4 is 11.1 Å². The molecule has 1 atom stereocenters. The summed E-state index contributed by atoms with van der Waals surface area (Å²) in [6, 6.07) is 11.9. The van der Waals surface area contributed by atoms with Crippen molar-refractivity contribution in [3.63, 3.8) is 0 Å². The van der Waals surface area contributed by atoms with Crippen molar-refractivity contribution in [2.75, 3.05) is 13.1 Å². The van der Waals surface area contributed by atoms with Gasteiger partial charge in [0.1, 0.15) is 11.9 Å². The molecule has 27 heavy (non-hydrogen) atoms. The fourth-order valence-corrected chi connectivity index (χ4v) is 3.39. The topological polar surface area (TPSA) is 75.4 Å². The zero-order valence-corrected chi connectivity index (χ0v) is 15.5. The average molecular weight is 390 g/mol. The maximum atomic E-state index is 13.7. The third-order valence-corrected chi connectivity index (χ3v) is 4.97. The Morgan fingerprint density at radius 2 is 1.85 bits per heavy atom. The maximum absolute atomic E-state index is 13.7. The molecule has 0 aromatic heterocycles. The SMILES string of the molecule is N[C@@H](C(=O)N1CCC(NC(=O)c2ccccc2F)CC1)c1cccc(Cl)c1. The lowest BCUT2D eigenvalue weighted by molar-refractivity contribution is -0.133. The van der Waals surface area contributed by atoms with Crippen LogP contribution in [0, 0.1) is 5.82 Å². The highest BCUT2D eigenvalue weighted by atomic mass is 35.5. The minimum Gasteiger partial charge on any atom is -0.349 e. The van der Waals surface area contributed by atoms with E-state index in [2.05, 4.69) is 5.32 Å². The third kappa shape index (κ3) is 4.64. The molecule has 1 aliphatic rings. The Morgan fingerprint density at radius 1 is 1.15 bits per heavy atom. The number of carbonyl (C=O) groups is 2. The highest BCUT2D eigenvalue weighted by Crippen LogP contribution is 2.20. The summed E-state index contributed by atoms with van der Waals surface area (Å²) in [4.78, 5) is 26.5. The first kappa shape index (κ1) is 19.3. The lowest BCUT2D eigenvalue weighted by Crippen LogP contribution is -2.48. The lowest BCUT2D eigenvalue weighted by Gasteiger charge is -2.34. The van der Waals surface area contributed by atoms with Gasteiger partial charge in [0.05, 0.1) is 5.56 Å². The molecule has 0 aliphatic carbocycles. The van der Waals surface area contributed by atoms with E-state index in [9.17, 15) is 14.0 Å². The van der Waals surface area contributed by atoms with Gasteiger partial charge in [0.25, 0.3) is 5.91 Å². The predicted molar refractivity (Wildman–Crippen MR) is 102 cm³/mol. The van der Waals surface area contributed by atoms with Crippen LogP contribution in [0.2, 0.25) is 5.02 Å².